The summed E-state index contributed by atoms with van der Waals surface area (Å²) >= 11 is 0. The zero-order valence-corrected chi connectivity index (χ0v) is 12.0. The van der Waals surface area contributed by atoms with Gasteiger partial charge in [-0.15, -0.1) is 0 Å². The maximum Gasteiger partial charge on any atom is 0.118 e. The molecule has 20 heavy (non-hydrogen) atoms. The van der Waals surface area contributed by atoms with Crippen molar-refractivity contribution in [3.8, 4) is 0 Å². The van der Waals surface area contributed by atoms with Crippen molar-refractivity contribution < 1.29 is 4.42 Å². The van der Waals surface area contributed by atoms with Crippen LogP contribution in [0.2, 0.25) is 0 Å². The van der Waals surface area contributed by atoms with Crippen LogP contribution in [0.1, 0.15) is 35.0 Å². The summed E-state index contributed by atoms with van der Waals surface area (Å²) in [6, 6.07) is 12.9. The summed E-state index contributed by atoms with van der Waals surface area (Å²) in [5, 5.41) is 0. The van der Waals surface area contributed by atoms with E-state index in [1.807, 2.05) is 6.92 Å². The quantitative estimate of drug-likeness (QED) is 0.928. The van der Waals surface area contributed by atoms with E-state index in [0.29, 0.717) is 12.5 Å². The number of rotatable bonds is 4. The van der Waals surface area contributed by atoms with Crippen LogP contribution in [0.15, 0.2) is 40.8 Å². The van der Waals surface area contributed by atoms with Crippen LogP contribution >= 0.6 is 0 Å². The van der Waals surface area contributed by atoms with Crippen LogP contribution in [0.4, 0.5) is 0 Å². The minimum atomic E-state index is 0.480. The monoisotopic (exact) mass is 270 g/mol. The first-order chi connectivity index (χ1) is 9.76. The van der Waals surface area contributed by atoms with E-state index in [0.717, 1.165) is 31.2 Å². The number of aryl methyl sites for hydroxylation is 1. The van der Waals surface area contributed by atoms with Crippen molar-refractivity contribution in [1.82, 2.24) is 4.90 Å². The first-order valence-electron chi connectivity index (χ1n) is 7.32. The maximum atomic E-state index is 5.63. The minimum Gasteiger partial charge on any atom is -0.465 e. The van der Waals surface area contributed by atoms with E-state index in [4.69, 9.17) is 10.2 Å². The second-order valence-corrected chi connectivity index (χ2v) is 5.63. The van der Waals surface area contributed by atoms with Crippen molar-refractivity contribution in [3.05, 3.63) is 59.0 Å². The Balaban J connectivity index is 1.64. The summed E-state index contributed by atoms with van der Waals surface area (Å²) in [7, 11) is 0. The highest BCUT2D eigenvalue weighted by atomic mass is 16.3. The van der Waals surface area contributed by atoms with E-state index in [-0.39, 0.29) is 0 Å². The second-order valence-electron chi connectivity index (χ2n) is 5.63. The molecule has 2 heterocycles. The van der Waals surface area contributed by atoms with Gasteiger partial charge in [0.2, 0.25) is 0 Å². The molecule has 1 atom stereocenters. The highest BCUT2D eigenvalue weighted by Crippen LogP contribution is 2.28. The zero-order chi connectivity index (χ0) is 13.9. The van der Waals surface area contributed by atoms with Crippen LogP contribution in [-0.2, 0) is 13.1 Å². The molecular weight excluding hydrogens is 248 g/mol. The number of hydrogen-bond acceptors (Lipinski definition) is 3. The maximum absolute atomic E-state index is 5.63. The van der Waals surface area contributed by atoms with Crippen LogP contribution in [0.25, 0.3) is 0 Å². The molecule has 0 saturated carbocycles. The molecule has 1 aromatic carbocycles. The molecule has 0 spiro atoms. The highest BCUT2D eigenvalue weighted by molar-refractivity contribution is 5.23. The van der Waals surface area contributed by atoms with E-state index >= 15 is 0 Å². The van der Waals surface area contributed by atoms with Crippen LogP contribution in [0.3, 0.4) is 0 Å². The lowest BCUT2D eigenvalue weighted by Gasteiger charge is -2.15. The molecule has 0 aliphatic carbocycles. The molecule has 3 nitrogen and oxygen atoms in total. The number of likely N-dealkylation sites (tertiary alicyclic amines) is 1. The van der Waals surface area contributed by atoms with Gasteiger partial charge >= 0.3 is 0 Å². The smallest absolute Gasteiger partial charge is 0.118 e. The first kappa shape index (κ1) is 13.4. The van der Waals surface area contributed by atoms with Crippen molar-refractivity contribution in [1.29, 1.82) is 0 Å². The second kappa shape index (κ2) is 5.81. The number of furan rings is 1. The van der Waals surface area contributed by atoms with Crippen LogP contribution in [0.5, 0.6) is 0 Å². The predicted molar refractivity (Wildman–Crippen MR) is 80.4 cm³/mol. The van der Waals surface area contributed by atoms with E-state index in [1.54, 1.807) is 0 Å². The lowest BCUT2D eigenvalue weighted by molar-refractivity contribution is 0.324. The van der Waals surface area contributed by atoms with E-state index in [1.165, 1.54) is 17.5 Å². The molecule has 1 saturated heterocycles. The van der Waals surface area contributed by atoms with Gasteiger partial charge in [-0.1, -0.05) is 30.3 Å². The Hall–Kier alpha value is -1.58. The summed E-state index contributed by atoms with van der Waals surface area (Å²) < 4.78 is 5.63. The van der Waals surface area contributed by atoms with Gasteiger partial charge in [0.25, 0.3) is 0 Å². The number of nitrogens with zero attached hydrogens (tertiary/aromatic N) is 1. The Morgan fingerprint density at radius 2 is 2.10 bits per heavy atom. The van der Waals surface area contributed by atoms with Crippen molar-refractivity contribution in [3.63, 3.8) is 0 Å². The third kappa shape index (κ3) is 2.79. The van der Waals surface area contributed by atoms with Crippen LogP contribution in [0, 0.1) is 6.92 Å². The van der Waals surface area contributed by atoms with Crippen molar-refractivity contribution in [2.24, 2.45) is 5.73 Å². The first-order valence-corrected chi connectivity index (χ1v) is 7.32. The topological polar surface area (TPSA) is 42.4 Å². The fraction of sp³-hybridized carbons (Fsp3) is 0.412. The molecule has 1 aromatic heterocycles. The van der Waals surface area contributed by atoms with Crippen molar-refractivity contribution >= 4 is 0 Å². The van der Waals surface area contributed by atoms with Crippen LogP contribution in [-0.4, -0.2) is 18.0 Å². The van der Waals surface area contributed by atoms with Gasteiger partial charge in [-0.3, -0.25) is 4.90 Å². The largest absolute Gasteiger partial charge is 0.465 e. The van der Waals surface area contributed by atoms with Gasteiger partial charge in [0.05, 0.1) is 6.54 Å². The molecular formula is C17H22N2O. The van der Waals surface area contributed by atoms with Gasteiger partial charge in [-0.2, -0.15) is 0 Å². The summed E-state index contributed by atoms with van der Waals surface area (Å²) in [4.78, 5) is 2.51. The molecule has 2 aromatic rings. The molecule has 1 unspecified atom stereocenters. The Morgan fingerprint density at radius 3 is 2.80 bits per heavy atom. The molecule has 0 radical (unpaired) electrons. The molecule has 0 bridgehead atoms. The molecule has 1 aliphatic heterocycles. The number of benzene rings is 1. The van der Waals surface area contributed by atoms with Gasteiger partial charge in [-0.05, 0) is 37.4 Å². The fourth-order valence-electron chi connectivity index (χ4n) is 3.06. The van der Waals surface area contributed by atoms with Crippen molar-refractivity contribution in [2.75, 3.05) is 13.1 Å². The van der Waals surface area contributed by atoms with Gasteiger partial charge in [0.1, 0.15) is 11.5 Å². The zero-order valence-electron chi connectivity index (χ0n) is 12.0. The molecule has 106 valence electrons. The summed E-state index contributed by atoms with van der Waals surface area (Å²) in [6.07, 6.45) is 1.24. The minimum absolute atomic E-state index is 0.480. The van der Waals surface area contributed by atoms with Gasteiger partial charge in [0, 0.05) is 18.7 Å². The van der Waals surface area contributed by atoms with Gasteiger partial charge in [-0.25, -0.2) is 0 Å². The average Bonchev–Trinajstić information content (AvgIpc) is 3.08. The highest BCUT2D eigenvalue weighted by Gasteiger charge is 2.24. The predicted octanol–water partition coefficient (Wildman–Crippen LogP) is 3.04. The van der Waals surface area contributed by atoms with Crippen molar-refractivity contribution in [2.45, 2.75) is 32.4 Å². The molecule has 0 amide bonds. The number of nitrogens with two attached hydrogens (primary N) is 1. The Kier molecular flexibility index (Phi) is 3.90. The lowest BCUT2D eigenvalue weighted by Crippen LogP contribution is -2.19. The van der Waals surface area contributed by atoms with E-state index < -0.39 is 0 Å². The summed E-state index contributed by atoms with van der Waals surface area (Å²) in [5.41, 5.74) is 8.37. The SMILES string of the molecule is Cc1oc(CN)cc1CN1CCC(c2ccccc2)C1. The summed E-state index contributed by atoms with van der Waals surface area (Å²) in [6.45, 7) is 5.76. The lowest BCUT2D eigenvalue weighted by atomic mass is 9.99. The molecule has 1 fully saturated rings. The molecule has 1 aliphatic rings. The van der Waals surface area contributed by atoms with Gasteiger partial charge < -0.3 is 10.2 Å². The van der Waals surface area contributed by atoms with E-state index in [9.17, 15) is 0 Å². The fourth-order valence-corrected chi connectivity index (χ4v) is 3.06. The van der Waals surface area contributed by atoms with E-state index in [2.05, 4.69) is 41.3 Å². The molecule has 2 N–H and O–H groups in total. The average molecular weight is 270 g/mol. The molecule has 3 heteroatoms. The Morgan fingerprint density at radius 1 is 1.30 bits per heavy atom. The normalized spacial score (nSPS) is 19.6. The third-order valence-electron chi connectivity index (χ3n) is 4.21. The Bertz CT molecular complexity index is 562. The number of hydrogen-bond donors (Lipinski definition) is 1. The molecule has 3 rings (SSSR count). The standard InChI is InChI=1S/C17H22N2O/c1-13-16(9-17(10-18)20-13)12-19-8-7-15(11-19)14-5-3-2-4-6-14/h2-6,9,15H,7-8,10-12,18H2,1H3. The summed E-state index contributed by atoms with van der Waals surface area (Å²) in [5.74, 6) is 2.56. The van der Waals surface area contributed by atoms with Crippen LogP contribution < -0.4 is 5.73 Å². The van der Waals surface area contributed by atoms with Gasteiger partial charge in [0.15, 0.2) is 0 Å². The Labute approximate surface area is 120 Å². The third-order valence-corrected chi connectivity index (χ3v) is 4.21.